The summed E-state index contributed by atoms with van der Waals surface area (Å²) < 4.78 is 0. The summed E-state index contributed by atoms with van der Waals surface area (Å²) in [4.78, 5) is 2.73. The van der Waals surface area contributed by atoms with Crippen molar-refractivity contribution in [2.24, 2.45) is 11.8 Å². The average molecular weight is 250 g/mol. The van der Waals surface area contributed by atoms with E-state index >= 15 is 0 Å². The van der Waals surface area contributed by atoms with Crippen LogP contribution in [-0.4, -0.2) is 36.1 Å². The lowest BCUT2D eigenvalue weighted by Gasteiger charge is -2.39. The van der Waals surface area contributed by atoms with Crippen molar-refractivity contribution in [1.82, 2.24) is 10.2 Å². The van der Waals surface area contributed by atoms with Crippen LogP contribution in [0.5, 0.6) is 0 Å². The van der Waals surface area contributed by atoms with Gasteiger partial charge in [0.1, 0.15) is 0 Å². The first-order valence-electron chi connectivity index (χ1n) is 8.22. The molecule has 18 heavy (non-hydrogen) atoms. The Kier molecular flexibility index (Phi) is 3.95. The highest BCUT2D eigenvalue weighted by Crippen LogP contribution is 2.31. The molecule has 3 atom stereocenters. The van der Waals surface area contributed by atoms with Gasteiger partial charge in [-0.1, -0.05) is 20.3 Å². The number of piperidine rings is 1. The summed E-state index contributed by atoms with van der Waals surface area (Å²) in [6.45, 7) is 7.57. The van der Waals surface area contributed by atoms with Crippen LogP contribution in [0.4, 0.5) is 0 Å². The molecule has 3 aliphatic rings. The van der Waals surface area contributed by atoms with Gasteiger partial charge >= 0.3 is 0 Å². The molecule has 3 rings (SSSR count). The Hall–Kier alpha value is -0.0800. The molecule has 1 aliphatic heterocycles. The minimum absolute atomic E-state index is 0.797. The fourth-order valence-corrected chi connectivity index (χ4v) is 3.94. The van der Waals surface area contributed by atoms with Crippen molar-refractivity contribution in [3.05, 3.63) is 0 Å². The lowest BCUT2D eigenvalue weighted by molar-refractivity contribution is 0.154. The first-order chi connectivity index (χ1) is 8.72. The highest BCUT2D eigenvalue weighted by atomic mass is 15.2. The van der Waals surface area contributed by atoms with E-state index in [2.05, 4.69) is 24.1 Å². The van der Waals surface area contributed by atoms with Crippen molar-refractivity contribution in [3.63, 3.8) is 0 Å². The standard InChI is InChI=1S/C16H30N2/c1-12-3-4-13(2)16(11-12)17-14-7-9-18(10-8-14)15-5-6-15/h12-17H,3-11H2,1-2H3. The van der Waals surface area contributed by atoms with Crippen molar-refractivity contribution in [1.29, 1.82) is 0 Å². The van der Waals surface area contributed by atoms with Gasteiger partial charge in [-0.15, -0.1) is 0 Å². The van der Waals surface area contributed by atoms with Crippen LogP contribution in [0, 0.1) is 11.8 Å². The van der Waals surface area contributed by atoms with Crippen LogP contribution in [-0.2, 0) is 0 Å². The van der Waals surface area contributed by atoms with Gasteiger partial charge in [-0.3, -0.25) is 0 Å². The summed E-state index contributed by atoms with van der Waals surface area (Å²) >= 11 is 0. The molecule has 3 fully saturated rings. The molecule has 2 heteroatoms. The van der Waals surface area contributed by atoms with Crippen molar-refractivity contribution in [2.75, 3.05) is 13.1 Å². The third-order valence-corrected chi connectivity index (χ3v) is 5.50. The second kappa shape index (κ2) is 5.50. The third-order valence-electron chi connectivity index (χ3n) is 5.50. The van der Waals surface area contributed by atoms with E-state index in [1.54, 1.807) is 0 Å². The SMILES string of the molecule is CC1CCC(C)C(NC2CCN(C3CC3)CC2)C1. The molecule has 2 saturated carbocycles. The van der Waals surface area contributed by atoms with Crippen LogP contribution >= 0.6 is 0 Å². The lowest BCUT2D eigenvalue weighted by Crippen LogP contribution is -2.49. The predicted molar refractivity (Wildman–Crippen MR) is 76.7 cm³/mol. The van der Waals surface area contributed by atoms with Gasteiger partial charge in [-0.25, -0.2) is 0 Å². The van der Waals surface area contributed by atoms with Crippen molar-refractivity contribution in [3.8, 4) is 0 Å². The van der Waals surface area contributed by atoms with E-state index in [1.807, 2.05) is 0 Å². The van der Waals surface area contributed by atoms with Crippen LogP contribution < -0.4 is 5.32 Å². The molecule has 2 nitrogen and oxygen atoms in total. The first kappa shape index (κ1) is 12.9. The normalized spacial score (nSPS) is 40.0. The van der Waals surface area contributed by atoms with Gasteiger partial charge in [0, 0.05) is 18.1 Å². The number of rotatable bonds is 3. The maximum atomic E-state index is 3.99. The van der Waals surface area contributed by atoms with Gasteiger partial charge in [0.15, 0.2) is 0 Å². The number of hydrogen-bond donors (Lipinski definition) is 1. The maximum absolute atomic E-state index is 3.99. The predicted octanol–water partition coefficient (Wildman–Crippen LogP) is 3.03. The second-order valence-corrected chi connectivity index (χ2v) is 7.21. The molecule has 0 amide bonds. The van der Waals surface area contributed by atoms with E-state index in [-0.39, 0.29) is 0 Å². The third kappa shape index (κ3) is 3.08. The zero-order valence-corrected chi connectivity index (χ0v) is 12.2. The Labute approximate surface area is 113 Å². The van der Waals surface area contributed by atoms with Gasteiger partial charge in [0.05, 0.1) is 0 Å². The number of hydrogen-bond acceptors (Lipinski definition) is 2. The summed E-state index contributed by atoms with van der Waals surface area (Å²) in [5.74, 6) is 1.83. The fourth-order valence-electron chi connectivity index (χ4n) is 3.94. The van der Waals surface area contributed by atoms with Gasteiger partial charge in [-0.2, -0.15) is 0 Å². The molecule has 0 spiro atoms. The average Bonchev–Trinajstić information content (AvgIpc) is 3.19. The second-order valence-electron chi connectivity index (χ2n) is 7.21. The van der Waals surface area contributed by atoms with E-state index in [0.29, 0.717) is 0 Å². The molecule has 0 radical (unpaired) electrons. The lowest BCUT2D eigenvalue weighted by atomic mass is 9.79. The van der Waals surface area contributed by atoms with Gasteiger partial charge in [0.25, 0.3) is 0 Å². The van der Waals surface area contributed by atoms with Crippen molar-refractivity contribution >= 4 is 0 Å². The monoisotopic (exact) mass is 250 g/mol. The van der Waals surface area contributed by atoms with Crippen molar-refractivity contribution in [2.45, 2.75) is 76.9 Å². The Morgan fingerprint density at radius 3 is 2.28 bits per heavy atom. The van der Waals surface area contributed by atoms with Crippen LogP contribution in [0.15, 0.2) is 0 Å². The van der Waals surface area contributed by atoms with Crippen LogP contribution in [0.3, 0.4) is 0 Å². The van der Waals surface area contributed by atoms with E-state index in [4.69, 9.17) is 0 Å². The molecule has 2 aliphatic carbocycles. The molecule has 0 aromatic rings. The smallest absolute Gasteiger partial charge is 0.00978 e. The molecule has 0 aromatic carbocycles. The molecule has 0 aromatic heterocycles. The minimum Gasteiger partial charge on any atom is -0.311 e. The topological polar surface area (TPSA) is 15.3 Å². The summed E-state index contributed by atoms with van der Waals surface area (Å²) in [5.41, 5.74) is 0. The summed E-state index contributed by atoms with van der Waals surface area (Å²) in [7, 11) is 0. The minimum atomic E-state index is 0.797. The maximum Gasteiger partial charge on any atom is 0.00978 e. The zero-order chi connectivity index (χ0) is 12.5. The van der Waals surface area contributed by atoms with Gasteiger partial charge < -0.3 is 10.2 Å². The van der Waals surface area contributed by atoms with Crippen LogP contribution in [0.25, 0.3) is 0 Å². The molecule has 104 valence electrons. The van der Waals surface area contributed by atoms with Gasteiger partial charge in [-0.05, 0) is 63.5 Å². The highest BCUT2D eigenvalue weighted by molar-refractivity contribution is 4.91. The molecule has 1 heterocycles. The fraction of sp³-hybridized carbons (Fsp3) is 1.00. The van der Waals surface area contributed by atoms with Crippen LogP contribution in [0.2, 0.25) is 0 Å². The Morgan fingerprint density at radius 2 is 1.61 bits per heavy atom. The Morgan fingerprint density at radius 1 is 0.889 bits per heavy atom. The van der Waals surface area contributed by atoms with Gasteiger partial charge in [0.2, 0.25) is 0 Å². The van der Waals surface area contributed by atoms with Crippen molar-refractivity contribution < 1.29 is 0 Å². The molecular formula is C16H30N2. The first-order valence-corrected chi connectivity index (χ1v) is 8.22. The number of likely N-dealkylation sites (tertiary alicyclic amines) is 1. The molecule has 1 saturated heterocycles. The molecule has 0 bridgehead atoms. The molecular weight excluding hydrogens is 220 g/mol. The largest absolute Gasteiger partial charge is 0.311 e. The van der Waals surface area contributed by atoms with Crippen LogP contribution in [0.1, 0.15) is 58.8 Å². The number of nitrogens with one attached hydrogen (secondary N) is 1. The van der Waals surface area contributed by atoms with E-state index in [0.717, 1.165) is 30.0 Å². The Balaban J connectivity index is 1.44. The van der Waals surface area contributed by atoms with E-state index in [9.17, 15) is 0 Å². The quantitative estimate of drug-likeness (QED) is 0.828. The van der Waals surface area contributed by atoms with E-state index in [1.165, 1.54) is 58.0 Å². The molecule has 3 unspecified atom stereocenters. The zero-order valence-electron chi connectivity index (χ0n) is 12.2. The summed E-state index contributed by atoms with van der Waals surface area (Å²) in [5, 5.41) is 3.99. The highest BCUT2D eigenvalue weighted by Gasteiger charge is 2.33. The molecule has 1 N–H and O–H groups in total. The summed E-state index contributed by atoms with van der Waals surface area (Å²) in [6, 6.07) is 2.57. The van der Waals surface area contributed by atoms with E-state index < -0.39 is 0 Å². The number of nitrogens with zero attached hydrogens (tertiary/aromatic N) is 1. The summed E-state index contributed by atoms with van der Waals surface area (Å²) in [6.07, 6.45) is 9.98. The Bertz CT molecular complexity index is 266.